The van der Waals surface area contributed by atoms with E-state index in [0.717, 1.165) is 39.2 Å². The first-order valence-electron chi connectivity index (χ1n) is 21.8. The van der Waals surface area contributed by atoms with Crippen LogP contribution in [0.5, 0.6) is 0 Å². The molecule has 0 saturated carbocycles. The molecule has 0 aliphatic heterocycles. The molecule has 0 amide bonds. The molecule has 13 rings (SSSR count). The molecule has 0 N–H and O–H groups in total. The summed E-state index contributed by atoms with van der Waals surface area (Å²) in [6.07, 6.45) is 1.79. The zero-order chi connectivity index (χ0) is 42.9. The van der Waals surface area contributed by atoms with E-state index in [1.54, 1.807) is 10.6 Å². The third kappa shape index (κ3) is 7.06. The number of para-hydroxylation sites is 2. The van der Waals surface area contributed by atoms with Gasteiger partial charge in [-0.15, -0.1) is 35.9 Å². The van der Waals surface area contributed by atoms with Crippen molar-refractivity contribution in [2.75, 3.05) is 0 Å². The Morgan fingerprint density at radius 2 is 1.18 bits per heavy atom. The smallest absolute Gasteiger partial charge is 0.0160 e. The van der Waals surface area contributed by atoms with Gasteiger partial charge in [0.1, 0.15) is 0 Å². The first kappa shape index (κ1) is 41.3. The van der Waals surface area contributed by atoms with Crippen LogP contribution in [0, 0.1) is 12.1 Å². The zero-order valence-corrected chi connectivity index (χ0v) is 41.4. The van der Waals surface area contributed by atoms with Crippen molar-refractivity contribution in [1.82, 2.24) is 14.4 Å². The van der Waals surface area contributed by atoms with Crippen molar-refractivity contribution in [3.63, 3.8) is 0 Å². The molecule has 13 aromatic rings. The maximum absolute atomic E-state index is 5.48. The van der Waals surface area contributed by atoms with Gasteiger partial charge in [-0.2, -0.15) is 0 Å². The second-order valence-corrected chi connectivity index (χ2v) is 29.3. The molecule has 0 bridgehead atoms. The van der Waals surface area contributed by atoms with Gasteiger partial charge >= 0.3 is 169 Å². The van der Waals surface area contributed by atoms with Gasteiger partial charge in [0.15, 0.2) is 0 Å². The van der Waals surface area contributed by atoms with Gasteiger partial charge in [-0.1, -0.05) is 91.0 Å². The van der Waals surface area contributed by atoms with Crippen LogP contribution in [0.15, 0.2) is 194 Å². The molecule has 0 spiro atoms. The van der Waals surface area contributed by atoms with E-state index >= 15 is 0 Å². The fourth-order valence-electron chi connectivity index (χ4n) is 9.56. The first-order valence-corrected chi connectivity index (χ1v) is 30.0. The molecule has 3 nitrogen and oxygen atoms in total. The van der Waals surface area contributed by atoms with Crippen LogP contribution < -0.4 is 4.40 Å². The van der Waals surface area contributed by atoms with Crippen LogP contribution >= 0.6 is 11.3 Å². The van der Waals surface area contributed by atoms with E-state index in [1.807, 2.05) is 53.8 Å². The van der Waals surface area contributed by atoms with E-state index in [4.69, 9.17) is 4.98 Å². The molecule has 9 aromatic carbocycles. The van der Waals surface area contributed by atoms with Gasteiger partial charge < -0.3 is 4.98 Å². The first-order chi connectivity index (χ1) is 31.4. The van der Waals surface area contributed by atoms with E-state index < -0.39 is 13.3 Å². The second-order valence-electron chi connectivity index (χ2n) is 17.6. The predicted octanol–water partition coefficient (Wildman–Crippen LogP) is 15.7. The summed E-state index contributed by atoms with van der Waals surface area (Å²) < 4.78 is 6.46. The molecule has 0 aliphatic rings. The van der Waals surface area contributed by atoms with E-state index in [2.05, 4.69) is 184 Å². The van der Waals surface area contributed by atoms with Crippen molar-refractivity contribution >= 4 is 120 Å². The van der Waals surface area contributed by atoms with Crippen molar-refractivity contribution in [2.45, 2.75) is 17.3 Å². The van der Waals surface area contributed by atoms with Crippen LogP contribution in [0.2, 0.25) is 17.3 Å². The van der Waals surface area contributed by atoms with Gasteiger partial charge in [0.2, 0.25) is 0 Å². The van der Waals surface area contributed by atoms with Crippen molar-refractivity contribution in [3.05, 3.63) is 206 Å². The van der Waals surface area contributed by atoms with Crippen molar-refractivity contribution in [2.24, 2.45) is 0 Å². The normalized spacial score (nSPS) is 11.8. The molecule has 0 fully saturated rings. The zero-order valence-electron chi connectivity index (χ0n) is 36.1. The molecule has 0 aliphatic carbocycles. The SMILES string of the molecule is [CH3][Ge]([CH3])([CH3])[c]1ccc2c(ccc3cc4c(cc32)sc2c(-c3nc5cccc6c7ccccc7c7ccccc7c7ccccc7n3c56)[c-]ccc24)c1.[Ir].[c-]1ccccc1-c1ccccn1. The summed E-state index contributed by atoms with van der Waals surface area (Å²) in [6.45, 7) is 0. The predicted molar refractivity (Wildman–Crippen MR) is 278 cm³/mol. The number of hydrogen-bond donors (Lipinski definition) is 0. The number of fused-ring (bicyclic) bond motifs is 13. The Morgan fingerprint density at radius 3 is 1.91 bits per heavy atom. The van der Waals surface area contributed by atoms with Gasteiger partial charge in [-0.05, 0) is 45.4 Å². The number of rotatable bonds is 3. The molecule has 4 aromatic heterocycles. The number of imidazole rings is 1. The quantitative estimate of drug-likeness (QED) is 0.100. The van der Waals surface area contributed by atoms with Crippen LogP contribution in [0.3, 0.4) is 0 Å². The minimum absolute atomic E-state index is 0. The van der Waals surface area contributed by atoms with E-state index in [9.17, 15) is 0 Å². The number of aromatic nitrogens is 3. The monoisotopic (exact) mass is 1090 g/mol. The fourth-order valence-corrected chi connectivity index (χ4v) is 13.2. The molecule has 65 heavy (non-hydrogen) atoms. The summed E-state index contributed by atoms with van der Waals surface area (Å²) in [5.41, 5.74) is 6.26. The molecule has 313 valence electrons. The third-order valence-electron chi connectivity index (χ3n) is 12.7. The molecule has 4 heterocycles. The standard InChI is InChI=1S/C48H33GeN2S.C11H8N.Ir/c1-49(2,3)31-24-25-32-29(26-31)22-23-30-27-42-39-18-10-19-40(47(39)52-45(42)28-41(30)32)48-50-43-20-11-17-38-36-15-7-5-13-34(36)33-12-4-6-14-35(33)37-16-8-9-21-44(37)51(48)46(38)43;1-2-6-10(7-3-1)11-8-4-5-9-12-11;/h4-18,20-28H,1-3H3;1-6,8-9H;/q2*-1;. The average molecular weight is 1090 g/mol. The van der Waals surface area contributed by atoms with Gasteiger partial charge in [0.05, 0.1) is 11.0 Å². The summed E-state index contributed by atoms with van der Waals surface area (Å²) in [7, 11) is 0. The van der Waals surface area contributed by atoms with Crippen LogP contribution in [-0.4, -0.2) is 27.6 Å². The van der Waals surface area contributed by atoms with E-state index in [0.29, 0.717) is 0 Å². The fraction of sp³-hybridized carbons (Fsp3) is 0.0508. The molecule has 0 atom stereocenters. The van der Waals surface area contributed by atoms with Crippen LogP contribution in [-0.2, 0) is 20.1 Å². The Kier molecular flexibility index (Phi) is 10.5. The minimum atomic E-state index is -1.95. The number of thiophene rings is 1. The maximum atomic E-state index is 5.48. The molecular formula is C59H41GeIrN3S-2. The van der Waals surface area contributed by atoms with E-state index in [-0.39, 0.29) is 20.1 Å². The van der Waals surface area contributed by atoms with Crippen molar-refractivity contribution < 1.29 is 20.1 Å². The van der Waals surface area contributed by atoms with Crippen molar-refractivity contribution in [1.29, 1.82) is 0 Å². The molecule has 6 heteroatoms. The Balaban J connectivity index is 0.000000313. The molecule has 0 saturated heterocycles. The van der Waals surface area contributed by atoms with Gasteiger partial charge in [0.25, 0.3) is 0 Å². The Hall–Kier alpha value is -6.47. The Bertz CT molecular complexity index is 3970. The number of pyridine rings is 1. The summed E-state index contributed by atoms with van der Waals surface area (Å²) in [4.78, 5) is 9.70. The van der Waals surface area contributed by atoms with Gasteiger partial charge in [0, 0.05) is 42.6 Å². The summed E-state index contributed by atoms with van der Waals surface area (Å²) >= 11 is -0.0886. The maximum Gasteiger partial charge on any atom is 0.0160 e. The van der Waals surface area contributed by atoms with Crippen molar-refractivity contribution in [3.8, 4) is 22.6 Å². The second kappa shape index (κ2) is 16.5. The Labute approximate surface area is 397 Å². The summed E-state index contributed by atoms with van der Waals surface area (Å²) in [5, 5.41) is 15.0. The molecule has 0 unspecified atom stereocenters. The van der Waals surface area contributed by atoms with Gasteiger partial charge in [-0.3, -0.25) is 0 Å². The van der Waals surface area contributed by atoms with Gasteiger partial charge in [-0.25, -0.2) is 0 Å². The van der Waals surface area contributed by atoms with E-state index in [1.165, 1.54) is 74.0 Å². The molecular weight excluding hydrogens is 1050 g/mol. The number of nitrogens with zero attached hydrogens (tertiary/aromatic N) is 3. The molecule has 1 radical (unpaired) electrons. The minimum Gasteiger partial charge on any atom is -0.305 e. The third-order valence-corrected chi connectivity index (χ3v) is 18.1. The number of hydrogen-bond acceptors (Lipinski definition) is 3. The summed E-state index contributed by atoms with van der Waals surface area (Å²) in [5.74, 6) is 8.32. The van der Waals surface area contributed by atoms with Crippen LogP contribution in [0.1, 0.15) is 0 Å². The topological polar surface area (TPSA) is 30.2 Å². The average Bonchev–Trinajstić information content (AvgIpc) is 3.93. The largest absolute Gasteiger partial charge is 0.305 e. The van der Waals surface area contributed by atoms with Crippen LogP contribution in [0.25, 0.3) is 113 Å². The van der Waals surface area contributed by atoms with Crippen LogP contribution in [0.4, 0.5) is 0 Å². The number of benzene rings is 9. The summed E-state index contributed by atoms with van der Waals surface area (Å²) in [6, 6.07) is 74.5. The Morgan fingerprint density at radius 1 is 0.508 bits per heavy atom.